The lowest BCUT2D eigenvalue weighted by Crippen LogP contribution is -2.44. The molecule has 5 nitrogen and oxygen atoms in total. The maximum Gasteiger partial charge on any atom is 0.191 e. The lowest BCUT2D eigenvalue weighted by Gasteiger charge is -2.21. The van der Waals surface area contributed by atoms with Gasteiger partial charge in [0.25, 0.3) is 0 Å². The van der Waals surface area contributed by atoms with E-state index in [1.54, 1.807) is 11.3 Å². The average Bonchev–Trinajstić information content (AvgIpc) is 3.29. The van der Waals surface area contributed by atoms with E-state index in [0.29, 0.717) is 31.2 Å². The van der Waals surface area contributed by atoms with E-state index in [0.717, 1.165) is 35.7 Å². The van der Waals surface area contributed by atoms with Gasteiger partial charge >= 0.3 is 0 Å². The number of hydrogen-bond acceptors (Lipinski definition) is 4. The fourth-order valence-electron chi connectivity index (χ4n) is 3.17. The average molecular weight is 408 g/mol. The van der Waals surface area contributed by atoms with Crippen LogP contribution in [-0.2, 0) is 6.54 Å². The molecule has 1 aromatic carbocycles. The second-order valence-corrected chi connectivity index (χ2v) is 8.09. The summed E-state index contributed by atoms with van der Waals surface area (Å²) in [6.45, 7) is 8.90. The number of thiazole rings is 1. The molecule has 1 aliphatic rings. The van der Waals surface area contributed by atoms with Crippen molar-refractivity contribution in [2.24, 2.45) is 4.99 Å². The van der Waals surface area contributed by atoms with E-state index in [1.807, 2.05) is 11.8 Å². The Morgan fingerprint density at radius 2 is 2.21 bits per heavy atom. The molecule has 0 aliphatic carbocycles. The molecule has 0 radical (unpaired) electrons. The molecular weight excluding hydrogens is 380 g/mol. The van der Waals surface area contributed by atoms with Crippen molar-refractivity contribution in [1.82, 2.24) is 15.6 Å². The van der Waals surface area contributed by atoms with E-state index in [-0.39, 0.29) is 6.04 Å². The van der Waals surface area contributed by atoms with Crippen LogP contribution in [0.3, 0.4) is 0 Å². The van der Waals surface area contributed by atoms with Gasteiger partial charge in [0, 0.05) is 43.0 Å². The zero-order chi connectivity index (χ0) is 20.1. The standard InChI is InChI=1S/C20H27F2N5S/c1-4-23-20(24-10-16-12-28-19(25-16)13(2)3)26-15-7-8-27(11-15)18-6-5-14(21)9-17(18)22/h5-6,9,12-13,15H,4,7-8,10-11H2,1-3H3,(H2,23,24,26). The van der Waals surface area contributed by atoms with Crippen LogP contribution in [-0.4, -0.2) is 36.6 Å². The molecular formula is C20H27F2N5S. The Morgan fingerprint density at radius 3 is 2.89 bits per heavy atom. The Labute approximate surface area is 168 Å². The van der Waals surface area contributed by atoms with Crippen molar-refractivity contribution in [3.05, 3.63) is 45.9 Å². The fraction of sp³-hybridized carbons (Fsp3) is 0.500. The highest BCUT2D eigenvalue weighted by atomic mass is 32.1. The highest BCUT2D eigenvalue weighted by Crippen LogP contribution is 2.24. The van der Waals surface area contributed by atoms with Crippen LogP contribution in [0.4, 0.5) is 14.5 Å². The Kier molecular flexibility index (Phi) is 6.83. The summed E-state index contributed by atoms with van der Waals surface area (Å²) in [7, 11) is 0. The molecule has 8 heteroatoms. The first kappa shape index (κ1) is 20.5. The second-order valence-electron chi connectivity index (χ2n) is 7.20. The molecule has 1 aliphatic heterocycles. The van der Waals surface area contributed by atoms with Crippen molar-refractivity contribution in [2.45, 2.75) is 45.7 Å². The maximum atomic E-state index is 14.0. The van der Waals surface area contributed by atoms with E-state index in [9.17, 15) is 8.78 Å². The Morgan fingerprint density at radius 1 is 1.39 bits per heavy atom. The molecule has 1 atom stereocenters. The third-order valence-electron chi connectivity index (χ3n) is 4.59. The van der Waals surface area contributed by atoms with Crippen LogP contribution in [0.25, 0.3) is 0 Å². The molecule has 152 valence electrons. The molecule has 1 saturated heterocycles. The molecule has 1 unspecified atom stereocenters. The van der Waals surface area contributed by atoms with E-state index < -0.39 is 11.6 Å². The number of aliphatic imine (C=N–C) groups is 1. The molecule has 3 rings (SSSR count). The van der Waals surface area contributed by atoms with Gasteiger partial charge in [-0.15, -0.1) is 11.3 Å². The van der Waals surface area contributed by atoms with Crippen molar-refractivity contribution in [3.8, 4) is 0 Å². The van der Waals surface area contributed by atoms with Crippen molar-refractivity contribution in [2.75, 3.05) is 24.5 Å². The molecule has 28 heavy (non-hydrogen) atoms. The van der Waals surface area contributed by atoms with Crippen LogP contribution < -0.4 is 15.5 Å². The Balaban J connectivity index is 1.60. The van der Waals surface area contributed by atoms with Gasteiger partial charge in [0.1, 0.15) is 11.6 Å². The van der Waals surface area contributed by atoms with Crippen molar-refractivity contribution in [3.63, 3.8) is 0 Å². The first-order valence-corrected chi connectivity index (χ1v) is 10.5. The largest absolute Gasteiger partial charge is 0.367 e. The van der Waals surface area contributed by atoms with Crippen LogP contribution in [0, 0.1) is 11.6 Å². The molecule has 2 N–H and O–H groups in total. The summed E-state index contributed by atoms with van der Waals surface area (Å²) in [5.74, 6) is 0.0727. The van der Waals surface area contributed by atoms with Gasteiger partial charge in [0.2, 0.25) is 0 Å². The summed E-state index contributed by atoms with van der Waals surface area (Å²) in [4.78, 5) is 11.2. The summed E-state index contributed by atoms with van der Waals surface area (Å²) < 4.78 is 27.2. The van der Waals surface area contributed by atoms with Crippen molar-refractivity contribution in [1.29, 1.82) is 0 Å². The second kappa shape index (κ2) is 9.32. The molecule has 0 spiro atoms. The van der Waals surface area contributed by atoms with Gasteiger partial charge in [-0.1, -0.05) is 13.8 Å². The highest BCUT2D eigenvalue weighted by Gasteiger charge is 2.25. The van der Waals surface area contributed by atoms with E-state index in [4.69, 9.17) is 0 Å². The predicted molar refractivity (Wildman–Crippen MR) is 111 cm³/mol. The quantitative estimate of drug-likeness (QED) is 0.564. The Bertz CT molecular complexity index is 821. The van der Waals surface area contributed by atoms with E-state index >= 15 is 0 Å². The number of anilines is 1. The van der Waals surface area contributed by atoms with Gasteiger partial charge < -0.3 is 15.5 Å². The van der Waals surface area contributed by atoms with E-state index in [2.05, 4.69) is 39.8 Å². The summed E-state index contributed by atoms with van der Waals surface area (Å²) in [6.07, 6.45) is 0.857. The number of halogens is 2. The monoisotopic (exact) mass is 407 g/mol. The van der Waals surface area contributed by atoms with Gasteiger partial charge in [0.15, 0.2) is 5.96 Å². The van der Waals surface area contributed by atoms with Crippen LogP contribution in [0.5, 0.6) is 0 Å². The zero-order valence-electron chi connectivity index (χ0n) is 16.5. The highest BCUT2D eigenvalue weighted by molar-refractivity contribution is 7.09. The lowest BCUT2D eigenvalue weighted by molar-refractivity contribution is 0.580. The number of hydrogen-bond donors (Lipinski definition) is 2. The predicted octanol–water partition coefficient (Wildman–Crippen LogP) is 3.88. The minimum absolute atomic E-state index is 0.143. The fourth-order valence-corrected chi connectivity index (χ4v) is 3.99. The minimum Gasteiger partial charge on any atom is -0.367 e. The van der Waals surface area contributed by atoms with Crippen molar-refractivity contribution < 1.29 is 8.78 Å². The van der Waals surface area contributed by atoms with Crippen molar-refractivity contribution >= 4 is 23.0 Å². The third kappa shape index (κ3) is 5.19. The smallest absolute Gasteiger partial charge is 0.191 e. The van der Waals surface area contributed by atoms with Crippen LogP contribution >= 0.6 is 11.3 Å². The topological polar surface area (TPSA) is 52.6 Å². The maximum absolute atomic E-state index is 14.0. The summed E-state index contributed by atoms with van der Waals surface area (Å²) >= 11 is 1.67. The van der Waals surface area contributed by atoms with Crippen LogP contribution in [0.15, 0.2) is 28.6 Å². The van der Waals surface area contributed by atoms with Crippen LogP contribution in [0.1, 0.15) is 43.8 Å². The summed E-state index contributed by atoms with van der Waals surface area (Å²) in [5, 5.41) is 9.85. The minimum atomic E-state index is -0.556. The molecule has 0 bridgehead atoms. The third-order valence-corrected chi connectivity index (χ3v) is 5.78. The lowest BCUT2D eigenvalue weighted by atomic mass is 10.2. The first-order chi connectivity index (χ1) is 13.5. The van der Waals surface area contributed by atoms with Gasteiger partial charge in [-0.25, -0.2) is 18.8 Å². The number of guanidine groups is 1. The van der Waals surface area contributed by atoms with Gasteiger partial charge in [-0.3, -0.25) is 0 Å². The molecule has 2 aromatic rings. The Hall–Kier alpha value is -2.22. The summed E-state index contributed by atoms with van der Waals surface area (Å²) in [5.41, 5.74) is 1.41. The SMILES string of the molecule is CCNC(=NCc1csc(C(C)C)n1)NC1CCN(c2ccc(F)cc2F)C1. The van der Waals surface area contributed by atoms with Gasteiger partial charge in [0.05, 0.1) is 22.9 Å². The number of aromatic nitrogens is 1. The summed E-state index contributed by atoms with van der Waals surface area (Å²) in [6, 6.07) is 3.87. The molecule has 1 aromatic heterocycles. The van der Waals surface area contributed by atoms with Crippen LogP contribution in [0.2, 0.25) is 0 Å². The first-order valence-electron chi connectivity index (χ1n) is 9.65. The van der Waals surface area contributed by atoms with Gasteiger partial charge in [-0.2, -0.15) is 0 Å². The number of benzene rings is 1. The molecule has 2 heterocycles. The van der Waals surface area contributed by atoms with Gasteiger partial charge in [-0.05, 0) is 25.5 Å². The molecule has 1 fully saturated rings. The molecule has 0 saturated carbocycles. The number of nitrogens with zero attached hydrogens (tertiary/aromatic N) is 3. The number of nitrogens with one attached hydrogen (secondary N) is 2. The number of rotatable bonds is 6. The molecule has 0 amide bonds. The normalized spacial score (nSPS) is 17.4. The van der Waals surface area contributed by atoms with E-state index in [1.165, 1.54) is 12.1 Å². The zero-order valence-corrected chi connectivity index (χ0v) is 17.3.